The van der Waals surface area contributed by atoms with E-state index in [0.717, 1.165) is 6.42 Å². The highest BCUT2D eigenvalue weighted by atomic mass is 15.0. The molecule has 1 unspecified atom stereocenters. The molecule has 1 aromatic heterocycles. The highest BCUT2D eigenvalue weighted by Crippen LogP contribution is 2.28. The number of aryl methyl sites for hydroxylation is 1. The highest BCUT2D eigenvalue weighted by Gasteiger charge is 2.32. The lowest BCUT2D eigenvalue weighted by Gasteiger charge is -2.24. The minimum atomic E-state index is 0.256. The van der Waals surface area contributed by atoms with Crippen LogP contribution in [0.1, 0.15) is 77.0 Å². The van der Waals surface area contributed by atoms with Gasteiger partial charge in [0.2, 0.25) is 0 Å². The molecule has 1 heteroatoms. The van der Waals surface area contributed by atoms with E-state index < -0.39 is 0 Å². The van der Waals surface area contributed by atoms with E-state index in [1.54, 1.807) is 0 Å². The first-order chi connectivity index (χ1) is 9.64. The molecule has 1 aromatic rings. The molecule has 0 aromatic carbocycles. The fraction of sp³-hybridized carbons (Fsp3) is 0.632. The van der Waals surface area contributed by atoms with Crippen LogP contribution >= 0.6 is 0 Å². The van der Waals surface area contributed by atoms with E-state index in [9.17, 15) is 0 Å². The Bertz CT molecular complexity index is 469. The second-order valence-corrected chi connectivity index (χ2v) is 6.34. The molecule has 0 radical (unpaired) electrons. The van der Waals surface area contributed by atoms with Gasteiger partial charge in [-0.15, -0.1) is 0 Å². The van der Waals surface area contributed by atoms with Crippen molar-refractivity contribution < 1.29 is 4.57 Å². The number of allylic oxidation sites excluding steroid dienone is 2. The second-order valence-electron chi connectivity index (χ2n) is 6.34. The topological polar surface area (TPSA) is 3.88 Å². The van der Waals surface area contributed by atoms with Crippen LogP contribution in [0.2, 0.25) is 0 Å². The van der Waals surface area contributed by atoms with Gasteiger partial charge in [0.1, 0.15) is 0 Å². The maximum absolute atomic E-state index is 2.52. The molecule has 1 aliphatic rings. The van der Waals surface area contributed by atoms with Gasteiger partial charge in [-0.05, 0) is 24.8 Å². The molecule has 1 aliphatic carbocycles. The number of aromatic nitrogens is 1. The Morgan fingerprint density at radius 2 is 2.00 bits per heavy atom. The van der Waals surface area contributed by atoms with Gasteiger partial charge in [0.15, 0.2) is 17.4 Å². The lowest BCUT2D eigenvalue weighted by molar-refractivity contribution is -0.768. The minimum Gasteiger partial charge on any atom is -0.197 e. The van der Waals surface area contributed by atoms with Crippen LogP contribution in [-0.2, 0) is 12.0 Å². The van der Waals surface area contributed by atoms with Crippen molar-refractivity contribution in [3.63, 3.8) is 0 Å². The van der Waals surface area contributed by atoms with Crippen molar-refractivity contribution in [2.45, 2.75) is 77.7 Å². The normalized spacial score (nSPS) is 19.3. The lowest BCUT2D eigenvalue weighted by Crippen LogP contribution is -2.56. The van der Waals surface area contributed by atoms with Gasteiger partial charge >= 0.3 is 0 Å². The first-order valence-corrected chi connectivity index (χ1v) is 8.36. The number of nitrogens with zero attached hydrogens (tertiary/aromatic N) is 1. The average Bonchev–Trinajstić information content (AvgIpc) is 2.54. The van der Waals surface area contributed by atoms with Gasteiger partial charge in [-0.1, -0.05) is 32.9 Å². The summed E-state index contributed by atoms with van der Waals surface area (Å²) >= 11 is 0. The summed E-state index contributed by atoms with van der Waals surface area (Å²) in [6.07, 6.45) is 14.5. The van der Waals surface area contributed by atoms with Crippen molar-refractivity contribution >= 4 is 0 Å². The van der Waals surface area contributed by atoms with Crippen molar-refractivity contribution in [3.05, 3.63) is 41.7 Å². The molecule has 20 heavy (non-hydrogen) atoms. The number of hydrogen-bond donors (Lipinski definition) is 0. The van der Waals surface area contributed by atoms with E-state index in [1.165, 1.54) is 43.4 Å². The van der Waals surface area contributed by atoms with Crippen LogP contribution < -0.4 is 4.57 Å². The molecule has 0 N–H and O–H groups in total. The van der Waals surface area contributed by atoms with Gasteiger partial charge in [0.25, 0.3) is 0 Å². The Kier molecular flexibility index (Phi) is 5.01. The molecule has 0 bridgehead atoms. The SMILES string of the molecule is CCc1cc(C2C=CCCC2)cc[n+]1C(C)(CC)CC. The molecule has 0 saturated heterocycles. The van der Waals surface area contributed by atoms with Crippen LogP contribution in [0.4, 0.5) is 0 Å². The Hall–Kier alpha value is -1.11. The summed E-state index contributed by atoms with van der Waals surface area (Å²) in [5, 5.41) is 0. The number of rotatable bonds is 5. The largest absolute Gasteiger partial charge is 0.197 e. The summed E-state index contributed by atoms with van der Waals surface area (Å²) in [7, 11) is 0. The summed E-state index contributed by atoms with van der Waals surface area (Å²) in [6.45, 7) is 9.26. The third-order valence-electron chi connectivity index (χ3n) is 5.21. The molecule has 1 heterocycles. The maximum Gasteiger partial charge on any atom is 0.181 e. The molecule has 110 valence electrons. The third-order valence-corrected chi connectivity index (χ3v) is 5.21. The first-order valence-electron chi connectivity index (χ1n) is 8.36. The van der Waals surface area contributed by atoms with E-state index in [4.69, 9.17) is 0 Å². The van der Waals surface area contributed by atoms with E-state index >= 15 is 0 Å². The van der Waals surface area contributed by atoms with Gasteiger partial charge in [0.05, 0.1) is 0 Å². The zero-order valence-electron chi connectivity index (χ0n) is 13.7. The van der Waals surface area contributed by atoms with Crippen LogP contribution in [0.3, 0.4) is 0 Å². The standard InChI is InChI=1S/C19H30N/c1-5-18-15-17(16-11-9-8-10-12-16)13-14-20(18)19(4,6-2)7-3/h9,11,13-16H,5-8,10,12H2,1-4H3/q+1. The summed E-state index contributed by atoms with van der Waals surface area (Å²) < 4.78 is 2.52. The Morgan fingerprint density at radius 1 is 1.25 bits per heavy atom. The minimum absolute atomic E-state index is 0.256. The van der Waals surface area contributed by atoms with E-state index in [-0.39, 0.29) is 5.54 Å². The smallest absolute Gasteiger partial charge is 0.181 e. The predicted octanol–water partition coefficient (Wildman–Crippen LogP) is 4.90. The first kappa shape index (κ1) is 15.3. The Balaban J connectivity index is 2.37. The molecule has 2 rings (SSSR count). The maximum atomic E-state index is 2.52. The van der Waals surface area contributed by atoms with Crippen molar-refractivity contribution in [1.29, 1.82) is 0 Å². The van der Waals surface area contributed by atoms with Gasteiger partial charge in [-0.3, -0.25) is 0 Å². The summed E-state index contributed by atoms with van der Waals surface area (Å²) in [6, 6.07) is 4.80. The molecule has 0 aliphatic heterocycles. The van der Waals surface area contributed by atoms with Crippen molar-refractivity contribution in [1.82, 2.24) is 0 Å². The van der Waals surface area contributed by atoms with E-state index in [2.05, 4.69) is 62.7 Å². The van der Waals surface area contributed by atoms with Crippen molar-refractivity contribution in [3.8, 4) is 0 Å². The molecule has 1 nitrogen and oxygen atoms in total. The molecule has 0 amide bonds. The van der Waals surface area contributed by atoms with Gasteiger partial charge in [-0.2, -0.15) is 4.57 Å². The van der Waals surface area contributed by atoms with E-state index in [0.29, 0.717) is 5.92 Å². The monoisotopic (exact) mass is 272 g/mol. The molecule has 0 spiro atoms. The second kappa shape index (κ2) is 6.56. The van der Waals surface area contributed by atoms with Crippen LogP contribution in [0.5, 0.6) is 0 Å². The van der Waals surface area contributed by atoms with Crippen LogP contribution in [0.25, 0.3) is 0 Å². The fourth-order valence-electron chi connectivity index (χ4n) is 3.28. The average molecular weight is 272 g/mol. The summed E-state index contributed by atoms with van der Waals surface area (Å²) in [5.74, 6) is 0.637. The fourth-order valence-corrected chi connectivity index (χ4v) is 3.28. The van der Waals surface area contributed by atoms with Gasteiger partial charge in [0, 0.05) is 44.2 Å². The molecule has 0 saturated carbocycles. The summed E-state index contributed by atoms with van der Waals surface area (Å²) in [5.41, 5.74) is 3.24. The zero-order valence-corrected chi connectivity index (χ0v) is 13.7. The molecular formula is C19H30N+. The zero-order chi connectivity index (χ0) is 14.6. The quantitative estimate of drug-likeness (QED) is 0.530. The van der Waals surface area contributed by atoms with Crippen LogP contribution in [-0.4, -0.2) is 0 Å². The highest BCUT2D eigenvalue weighted by molar-refractivity contribution is 5.24. The number of hydrogen-bond acceptors (Lipinski definition) is 0. The van der Waals surface area contributed by atoms with Gasteiger partial charge < -0.3 is 0 Å². The van der Waals surface area contributed by atoms with Crippen molar-refractivity contribution in [2.24, 2.45) is 0 Å². The third kappa shape index (κ3) is 2.97. The molecule has 1 atom stereocenters. The molecular weight excluding hydrogens is 242 g/mol. The van der Waals surface area contributed by atoms with E-state index in [1.807, 2.05) is 0 Å². The predicted molar refractivity (Wildman–Crippen MR) is 86.0 cm³/mol. The van der Waals surface area contributed by atoms with Crippen LogP contribution in [0, 0.1) is 0 Å². The van der Waals surface area contributed by atoms with Gasteiger partial charge in [-0.25, -0.2) is 0 Å². The lowest BCUT2D eigenvalue weighted by atomic mass is 9.88. The van der Waals surface area contributed by atoms with Crippen molar-refractivity contribution in [2.75, 3.05) is 0 Å². The Morgan fingerprint density at radius 3 is 2.55 bits per heavy atom. The Labute approximate surface area is 124 Å². The number of pyridine rings is 1. The van der Waals surface area contributed by atoms with Crippen LogP contribution in [0.15, 0.2) is 30.5 Å². The molecule has 0 fully saturated rings. The summed E-state index contributed by atoms with van der Waals surface area (Å²) in [4.78, 5) is 0.